The molecule has 0 saturated heterocycles. The van der Waals surface area contributed by atoms with Gasteiger partial charge in [-0.05, 0) is 38.5 Å². The van der Waals surface area contributed by atoms with Crippen LogP contribution >= 0.6 is 0 Å². The number of hydrogen-bond donors (Lipinski definition) is 1. The Morgan fingerprint density at radius 1 is 1.20 bits per heavy atom. The minimum atomic E-state index is -0.0125. The number of aliphatic hydroxyl groups excluding tert-OH is 1. The summed E-state index contributed by atoms with van der Waals surface area (Å²) in [4.78, 5) is 0. The van der Waals surface area contributed by atoms with Crippen molar-refractivity contribution >= 4 is 0 Å². The molecule has 0 heterocycles. The van der Waals surface area contributed by atoms with Crippen LogP contribution < -0.4 is 0 Å². The van der Waals surface area contributed by atoms with Gasteiger partial charge in [-0.3, -0.25) is 0 Å². The second-order valence-electron chi connectivity index (χ2n) is 3.09. The van der Waals surface area contributed by atoms with Crippen LogP contribution in [-0.2, 0) is 0 Å². The highest BCUT2D eigenvalue weighted by Crippen LogP contribution is 2.24. The minimum absolute atomic E-state index is 0.0125. The molecule has 0 bridgehead atoms. The second-order valence-corrected chi connectivity index (χ2v) is 3.09. The molecule has 0 spiro atoms. The lowest BCUT2D eigenvalue weighted by Crippen LogP contribution is -2.16. The van der Waals surface area contributed by atoms with E-state index in [1.54, 1.807) is 0 Å². The zero-order chi connectivity index (χ0) is 7.40. The van der Waals surface area contributed by atoms with Crippen LogP contribution in [0.25, 0.3) is 0 Å². The van der Waals surface area contributed by atoms with Gasteiger partial charge in [0.25, 0.3) is 0 Å². The fourth-order valence-electron chi connectivity index (χ4n) is 1.57. The normalized spacial score (nSPS) is 35.0. The maximum atomic E-state index is 9.17. The molecule has 0 unspecified atom stereocenters. The van der Waals surface area contributed by atoms with E-state index in [0.29, 0.717) is 0 Å². The Morgan fingerprint density at radius 3 is 2.30 bits per heavy atom. The summed E-state index contributed by atoms with van der Waals surface area (Å²) in [6.07, 6.45) is 8.69. The molecule has 1 aliphatic rings. The van der Waals surface area contributed by atoms with Crippen molar-refractivity contribution < 1.29 is 5.11 Å². The summed E-state index contributed by atoms with van der Waals surface area (Å²) in [5, 5.41) is 9.17. The first-order chi connectivity index (χ1) is 4.83. The first kappa shape index (κ1) is 7.80. The molecule has 1 aliphatic carbocycles. The Kier molecular flexibility index (Phi) is 2.94. The molecule has 1 N–H and O–H groups in total. The molecular weight excluding hydrogens is 124 g/mol. The van der Waals surface area contributed by atoms with Crippen molar-refractivity contribution in [2.75, 3.05) is 0 Å². The van der Waals surface area contributed by atoms with E-state index in [2.05, 4.69) is 19.1 Å². The van der Waals surface area contributed by atoms with Gasteiger partial charge in [0.1, 0.15) is 0 Å². The summed E-state index contributed by atoms with van der Waals surface area (Å²) < 4.78 is 0. The van der Waals surface area contributed by atoms with Gasteiger partial charge < -0.3 is 5.11 Å². The van der Waals surface area contributed by atoms with Crippen molar-refractivity contribution in [3.05, 3.63) is 12.2 Å². The van der Waals surface area contributed by atoms with Crippen molar-refractivity contribution in [1.82, 2.24) is 0 Å². The van der Waals surface area contributed by atoms with Crippen LogP contribution in [-0.4, -0.2) is 11.2 Å². The molecule has 0 aromatic heterocycles. The van der Waals surface area contributed by atoms with Crippen LogP contribution in [0.4, 0.5) is 0 Å². The Balaban J connectivity index is 2.26. The second kappa shape index (κ2) is 3.77. The van der Waals surface area contributed by atoms with Gasteiger partial charge >= 0.3 is 0 Å². The summed E-state index contributed by atoms with van der Waals surface area (Å²) in [5.41, 5.74) is 0. The highest BCUT2D eigenvalue weighted by molar-refractivity contribution is 4.88. The van der Waals surface area contributed by atoms with E-state index in [4.69, 9.17) is 0 Å². The third-order valence-corrected chi connectivity index (χ3v) is 2.21. The van der Waals surface area contributed by atoms with E-state index in [9.17, 15) is 5.11 Å². The van der Waals surface area contributed by atoms with Crippen LogP contribution in [0.3, 0.4) is 0 Å². The largest absolute Gasteiger partial charge is 0.393 e. The van der Waals surface area contributed by atoms with Crippen LogP contribution in [0, 0.1) is 5.92 Å². The van der Waals surface area contributed by atoms with Crippen molar-refractivity contribution in [2.24, 2.45) is 5.92 Å². The number of rotatable bonds is 1. The summed E-state index contributed by atoms with van der Waals surface area (Å²) in [7, 11) is 0. The third-order valence-electron chi connectivity index (χ3n) is 2.21. The molecule has 1 fully saturated rings. The standard InChI is InChI=1S/C9H16O/c1-2-3-8-4-6-9(10)7-5-8/h2-3,8-10H,4-7H2,1H3/b3-2-. The van der Waals surface area contributed by atoms with Gasteiger partial charge in [0.2, 0.25) is 0 Å². The fourth-order valence-corrected chi connectivity index (χ4v) is 1.57. The average molecular weight is 140 g/mol. The van der Waals surface area contributed by atoms with Gasteiger partial charge in [-0.15, -0.1) is 0 Å². The lowest BCUT2D eigenvalue weighted by molar-refractivity contribution is 0.118. The summed E-state index contributed by atoms with van der Waals surface area (Å²) in [5.74, 6) is 0.744. The van der Waals surface area contributed by atoms with E-state index in [1.807, 2.05) is 0 Å². The molecule has 0 aromatic rings. The van der Waals surface area contributed by atoms with E-state index in [0.717, 1.165) is 18.8 Å². The van der Waals surface area contributed by atoms with Gasteiger partial charge in [0, 0.05) is 0 Å². The summed E-state index contributed by atoms with van der Waals surface area (Å²) in [6, 6.07) is 0. The topological polar surface area (TPSA) is 20.2 Å². The van der Waals surface area contributed by atoms with Crippen molar-refractivity contribution in [3.63, 3.8) is 0 Å². The van der Waals surface area contributed by atoms with Crippen LogP contribution in [0.2, 0.25) is 0 Å². The number of hydrogen-bond acceptors (Lipinski definition) is 1. The highest BCUT2D eigenvalue weighted by Gasteiger charge is 2.16. The molecule has 58 valence electrons. The lowest BCUT2D eigenvalue weighted by atomic mass is 9.87. The fraction of sp³-hybridized carbons (Fsp3) is 0.778. The maximum absolute atomic E-state index is 9.17. The highest BCUT2D eigenvalue weighted by atomic mass is 16.3. The monoisotopic (exact) mass is 140 g/mol. The molecule has 0 aromatic carbocycles. The Bertz CT molecular complexity index is 110. The zero-order valence-electron chi connectivity index (χ0n) is 6.59. The van der Waals surface area contributed by atoms with E-state index < -0.39 is 0 Å². The summed E-state index contributed by atoms with van der Waals surface area (Å²) >= 11 is 0. The zero-order valence-corrected chi connectivity index (χ0v) is 6.59. The van der Waals surface area contributed by atoms with E-state index in [1.165, 1.54) is 12.8 Å². The minimum Gasteiger partial charge on any atom is -0.393 e. The first-order valence-electron chi connectivity index (χ1n) is 4.14. The van der Waals surface area contributed by atoms with Crippen molar-refractivity contribution in [2.45, 2.75) is 38.7 Å². The molecule has 1 heteroatoms. The quantitative estimate of drug-likeness (QED) is 0.553. The van der Waals surface area contributed by atoms with Crippen LogP contribution in [0.15, 0.2) is 12.2 Å². The SMILES string of the molecule is C/C=C\C1CCC(O)CC1. The van der Waals surface area contributed by atoms with Crippen LogP contribution in [0.1, 0.15) is 32.6 Å². The molecule has 1 rings (SSSR count). The van der Waals surface area contributed by atoms with Crippen molar-refractivity contribution in [3.8, 4) is 0 Å². The Hall–Kier alpha value is -0.300. The molecule has 1 saturated carbocycles. The Labute approximate surface area is 62.8 Å². The van der Waals surface area contributed by atoms with Gasteiger partial charge in [0.05, 0.1) is 6.10 Å². The number of aliphatic hydroxyl groups is 1. The molecule has 10 heavy (non-hydrogen) atoms. The molecule has 1 nitrogen and oxygen atoms in total. The predicted octanol–water partition coefficient (Wildman–Crippen LogP) is 2.11. The molecule has 0 amide bonds. The average Bonchev–Trinajstić information content (AvgIpc) is 1.95. The van der Waals surface area contributed by atoms with E-state index in [-0.39, 0.29) is 6.10 Å². The Morgan fingerprint density at radius 2 is 1.80 bits per heavy atom. The van der Waals surface area contributed by atoms with E-state index >= 15 is 0 Å². The van der Waals surface area contributed by atoms with Crippen LogP contribution in [0.5, 0.6) is 0 Å². The molecule has 0 atom stereocenters. The summed E-state index contributed by atoms with van der Waals surface area (Å²) in [6.45, 7) is 2.06. The third kappa shape index (κ3) is 2.14. The van der Waals surface area contributed by atoms with Crippen molar-refractivity contribution in [1.29, 1.82) is 0 Å². The molecule has 0 aliphatic heterocycles. The van der Waals surface area contributed by atoms with Gasteiger partial charge in [-0.25, -0.2) is 0 Å². The maximum Gasteiger partial charge on any atom is 0.0540 e. The first-order valence-corrected chi connectivity index (χ1v) is 4.14. The van der Waals surface area contributed by atoms with Gasteiger partial charge in [-0.1, -0.05) is 12.2 Å². The smallest absolute Gasteiger partial charge is 0.0540 e. The molecular formula is C9H16O. The van der Waals surface area contributed by atoms with Gasteiger partial charge in [0.15, 0.2) is 0 Å². The van der Waals surface area contributed by atoms with Gasteiger partial charge in [-0.2, -0.15) is 0 Å². The molecule has 0 radical (unpaired) electrons. The lowest BCUT2D eigenvalue weighted by Gasteiger charge is -2.22. The number of allylic oxidation sites excluding steroid dienone is 2. The predicted molar refractivity (Wildman–Crippen MR) is 42.8 cm³/mol.